The maximum Gasteiger partial charge on any atom is 0.306 e. The van der Waals surface area contributed by atoms with Gasteiger partial charge in [-0.3, -0.25) is 9.59 Å². The summed E-state index contributed by atoms with van der Waals surface area (Å²) in [6.45, 7) is 2.77. The lowest BCUT2D eigenvalue weighted by atomic mass is 10.3. The van der Waals surface area contributed by atoms with Crippen LogP contribution in [0.25, 0.3) is 0 Å². The molecule has 1 saturated heterocycles. The van der Waals surface area contributed by atoms with Gasteiger partial charge in [0.2, 0.25) is 5.91 Å². The minimum atomic E-state index is -0.214. The van der Waals surface area contributed by atoms with Crippen molar-refractivity contribution in [2.75, 3.05) is 20.7 Å². The molecule has 0 aliphatic carbocycles. The number of ether oxygens (including phenoxy) is 1. The number of thioether (sulfide) groups is 1. The summed E-state index contributed by atoms with van der Waals surface area (Å²) in [4.78, 5) is 24.3. The van der Waals surface area contributed by atoms with Gasteiger partial charge in [-0.1, -0.05) is 6.92 Å². The van der Waals surface area contributed by atoms with E-state index in [1.54, 1.807) is 16.7 Å². The van der Waals surface area contributed by atoms with E-state index < -0.39 is 0 Å². The van der Waals surface area contributed by atoms with Crippen LogP contribution in [0.4, 0.5) is 0 Å². The number of likely N-dealkylation sites (tertiary alicyclic amines) is 1. The molecule has 0 aromatic heterocycles. The molecular weight excluding hydrogens is 214 g/mol. The number of carbonyl (C=O) groups is 2. The standard InChI is InChI=1S/C10H17NO3S/c1-7(6-9(12)14-3)15-8-4-5-11(2)10(8)13/h7-8H,4-6H2,1-3H3. The van der Waals surface area contributed by atoms with Crippen molar-refractivity contribution in [3.63, 3.8) is 0 Å². The second-order valence-electron chi connectivity index (χ2n) is 3.76. The molecule has 0 aromatic carbocycles. The molecule has 86 valence electrons. The van der Waals surface area contributed by atoms with Gasteiger partial charge in [-0.25, -0.2) is 0 Å². The Morgan fingerprint density at radius 2 is 2.40 bits per heavy atom. The maximum atomic E-state index is 11.6. The van der Waals surface area contributed by atoms with Crippen LogP contribution in [0.5, 0.6) is 0 Å². The van der Waals surface area contributed by atoms with Crippen molar-refractivity contribution in [3.05, 3.63) is 0 Å². The number of rotatable bonds is 4. The smallest absolute Gasteiger partial charge is 0.306 e. The van der Waals surface area contributed by atoms with E-state index in [2.05, 4.69) is 4.74 Å². The molecular formula is C10H17NO3S. The molecule has 0 spiro atoms. The van der Waals surface area contributed by atoms with Crippen molar-refractivity contribution < 1.29 is 14.3 Å². The summed E-state index contributed by atoms with van der Waals surface area (Å²) in [5.41, 5.74) is 0. The molecule has 1 amide bonds. The largest absolute Gasteiger partial charge is 0.469 e. The normalized spacial score (nSPS) is 23.0. The average molecular weight is 231 g/mol. The van der Waals surface area contributed by atoms with E-state index in [9.17, 15) is 9.59 Å². The predicted molar refractivity (Wildman–Crippen MR) is 59.7 cm³/mol. The third kappa shape index (κ3) is 3.41. The van der Waals surface area contributed by atoms with E-state index in [0.717, 1.165) is 13.0 Å². The molecule has 0 bridgehead atoms. The van der Waals surface area contributed by atoms with E-state index in [1.165, 1.54) is 7.11 Å². The van der Waals surface area contributed by atoms with Crippen LogP contribution in [0.1, 0.15) is 19.8 Å². The zero-order chi connectivity index (χ0) is 11.4. The van der Waals surface area contributed by atoms with E-state index >= 15 is 0 Å². The second-order valence-corrected chi connectivity index (χ2v) is 5.41. The molecule has 2 unspecified atom stereocenters. The zero-order valence-electron chi connectivity index (χ0n) is 9.36. The predicted octanol–water partition coefficient (Wildman–Crippen LogP) is 0.902. The lowest BCUT2D eigenvalue weighted by Gasteiger charge is -2.14. The molecule has 15 heavy (non-hydrogen) atoms. The van der Waals surface area contributed by atoms with Crippen LogP contribution in [-0.2, 0) is 14.3 Å². The van der Waals surface area contributed by atoms with Crippen LogP contribution in [0.2, 0.25) is 0 Å². The topological polar surface area (TPSA) is 46.6 Å². The Hall–Kier alpha value is -0.710. The highest BCUT2D eigenvalue weighted by Crippen LogP contribution is 2.28. The molecule has 5 heteroatoms. The highest BCUT2D eigenvalue weighted by atomic mass is 32.2. The fourth-order valence-corrected chi connectivity index (χ4v) is 2.89. The molecule has 1 aliphatic rings. The first kappa shape index (κ1) is 12.4. The van der Waals surface area contributed by atoms with Gasteiger partial charge in [0, 0.05) is 18.8 Å². The van der Waals surface area contributed by atoms with Gasteiger partial charge < -0.3 is 9.64 Å². The van der Waals surface area contributed by atoms with Gasteiger partial charge in [0.25, 0.3) is 0 Å². The first-order valence-electron chi connectivity index (χ1n) is 5.02. The van der Waals surface area contributed by atoms with Gasteiger partial charge in [0.05, 0.1) is 18.8 Å². The van der Waals surface area contributed by atoms with Gasteiger partial charge in [0.15, 0.2) is 0 Å². The van der Waals surface area contributed by atoms with Crippen molar-refractivity contribution in [2.24, 2.45) is 0 Å². The van der Waals surface area contributed by atoms with E-state index in [4.69, 9.17) is 0 Å². The van der Waals surface area contributed by atoms with Crippen LogP contribution >= 0.6 is 11.8 Å². The van der Waals surface area contributed by atoms with E-state index in [-0.39, 0.29) is 22.4 Å². The second kappa shape index (κ2) is 5.39. The summed E-state index contributed by atoms with van der Waals surface area (Å²) < 4.78 is 4.59. The van der Waals surface area contributed by atoms with Crippen LogP contribution in [0.15, 0.2) is 0 Å². The zero-order valence-corrected chi connectivity index (χ0v) is 10.2. The molecule has 0 N–H and O–H groups in total. The molecule has 0 saturated carbocycles. The highest BCUT2D eigenvalue weighted by Gasteiger charge is 2.31. The summed E-state index contributed by atoms with van der Waals surface area (Å²) in [7, 11) is 3.20. The number of esters is 1. The first-order valence-corrected chi connectivity index (χ1v) is 5.96. The molecule has 4 nitrogen and oxygen atoms in total. The monoisotopic (exact) mass is 231 g/mol. The Morgan fingerprint density at radius 3 is 2.87 bits per heavy atom. The Balaban J connectivity index is 2.35. The fraction of sp³-hybridized carbons (Fsp3) is 0.800. The summed E-state index contributed by atoms with van der Waals surface area (Å²) in [6, 6.07) is 0. The minimum absolute atomic E-state index is 0.0228. The third-order valence-electron chi connectivity index (χ3n) is 2.46. The number of amides is 1. The SMILES string of the molecule is COC(=O)CC(C)SC1CCN(C)C1=O. The number of methoxy groups -OCH3 is 1. The van der Waals surface area contributed by atoms with Gasteiger partial charge in [-0.15, -0.1) is 11.8 Å². The van der Waals surface area contributed by atoms with Crippen molar-refractivity contribution in [3.8, 4) is 0 Å². The molecule has 2 atom stereocenters. The average Bonchev–Trinajstić information content (AvgIpc) is 2.49. The number of hydrogen-bond donors (Lipinski definition) is 0. The molecule has 0 aromatic rings. The Kier molecular flexibility index (Phi) is 4.45. The number of carbonyl (C=O) groups excluding carboxylic acids is 2. The Morgan fingerprint density at radius 1 is 1.73 bits per heavy atom. The quantitative estimate of drug-likeness (QED) is 0.674. The summed E-state index contributed by atoms with van der Waals surface area (Å²) >= 11 is 1.57. The molecule has 1 rings (SSSR count). The van der Waals surface area contributed by atoms with Gasteiger partial charge >= 0.3 is 5.97 Å². The lowest BCUT2D eigenvalue weighted by molar-refractivity contribution is -0.140. The van der Waals surface area contributed by atoms with Crippen LogP contribution in [0, 0.1) is 0 Å². The van der Waals surface area contributed by atoms with Crippen molar-refractivity contribution in [1.82, 2.24) is 4.90 Å². The Bertz CT molecular complexity index is 257. The maximum absolute atomic E-state index is 11.6. The molecule has 0 radical (unpaired) electrons. The van der Waals surface area contributed by atoms with E-state index in [0.29, 0.717) is 6.42 Å². The molecule has 1 fully saturated rings. The number of hydrogen-bond acceptors (Lipinski definition) is 4. The van der Waals surface area contributed by atoms with Crippen LogP contribution in [0.3, 0.4) is 0 Å². The number of nitrogens with zero attached hydrogens (tertiary/aromatic N) is 1. The summed E-state index contributed by atoms with van der Waals surface area (Å²) in [6.07, 6.45) is 1.25. The highest BCUT2D eigenvalue weighted by molar-refractivity contribution is 8.01. The summed E-state index contributed by atoms with van der Waals surface area (Å²) in [5.74, 6) is -0.0366. The van der Waals surface area contributed by atoms with Gasteiger partial charge in [-0.05, 0) is 6.42 Å². The summed E-state index contributed by atoms with van der Waals surface area (Å²) in [5, 5.41) is 0.160. The molecule has 1 aliphatic heterocycles. The first-order chi connectivity index (χ1) is 7.04. The fourth-order valence-electron chi connectivity index (χ4n) is 1.56. The van der Waals surface area contributed by atoms with E-state index in [1.807, 2.05) is 14.0 Å². The van der Waals surface area contributed by atoms with Crippen LogP contribution in [-0.4, -0.2) is 48.0 Å². The minimum Gasteiger partial charge on any atom is -0.469 e. The van der Waals surface area contributed by atoms with Gasteiger partial charge in [-0.2, -0.15) is 0 Å². The third-order valence-corrected chi connectivity index (χ3v) is 3.85. The lowest BCUT2D eigenvalue weighted by Crippen LogP contribution is -2.25. The van der Waals surface area contributed by atoms with Crippen LogP contribution < -0.4 is 0 Å². The Labute approximate surface area is 94.3 Å². The molecule has 1 heterocycles. The van der Waals surface area contributed by atoms with Crippen molar-refractivity contribution >= 4 is 23.6 Å². The van der Waals surface area contributed by atoms with Crippen molar-refractivity contribution in [1.29, 1.82) is 0 Å². The van der Waals surface area contributed by atoms with Crippen molar-refractivity contribution in [2.45, 2.75) is 30.3 Å². The van der Waals surface area contributed by atoms with Gasteiger partial charge in [0.1, 0.15) is 0 Å².